The zero-order valence-electron chi connectivity index (χ0n) is 19.5. The molecule has 0 atom stereocenters. The van der Waals surface area contributed by atoms with Crippen LogP contribution < -0.4 is 10.1 Å². The normalized spacial score (nSPS) is 9.64. The maximum absolute atomic E-state index is 14.2. The van der Waals surface area contributed by atoms with Gasteiger partial charge in [-0.15, -0.1) is 0 Å². The first kappa shape index (κ1) is 27.7. The Morgan fingerprint density at radius 2 is 1.82 bits per heavy atom. The Hall–Kier alpha value is -3.33. The van der Waals surface area contributed by atoms with Crippen molar-refractivity contribution in [2.24, 2.45) is 0 Å². The van der Waals surface area contributed by atoms with Gasteiger partial charge in [0.1, 0.15) is 5.82 Å². The van der Waals surface area contributed by atoms with Crippen molar-refractivity contribution in [2.75, 3.05) is 24.4 Å². The van der Waals surface area contributed by atoms with E-state index in [4.69, 9.17) is 4.74 Å². The molecule has 2 aromatic carbocycles. The van der Waals surface area contributed by atoms with Crippen LogP contribution in [0.1, 0.15) is 26.3 Å². The molecular weight excluding hydrogens is 445 g/mol. The third-order valence-electron chi connectivity index (χ3n) is 4.05. The fourth-order valence-electron chi connectivity index (χ4n) is 2.79. The van der Waals surface area contributed by atoms with Crippen LogP contribution in [0.4, 0.5) is 15.9 Å². The number of thioether (sulfide) groups is 1. The smallest absolute Gasteiger partial charge is 0.319 e. The van der Waals surface area contributed by atoms with Crippen LogP contribution in [0.15, 0.2) is 54.7 Å². The molecule has 1 aromatic heterocycles. The highest BCUT2D eigenvalue weighted by atomic mass is 32.2. The van der Waals surface area contributed by atoms with Crippen LogP contribution in [0.25, 0.3) is 11.1 Å². The van der Waals surface area contributed by atoms with E-state index in [0.717, 1.165) is 5.56 Å². The van der Waals surface area contributed by atoms with Gasteiger partial charge in [0, 0.05) is 18.3 Å². The van der Waals surface area contributed by atoms with E-state index < -0.39 is 10.7 Å². The maximum atomic E-state index is 14.2. The first-order valence-corrected chi connectivity index (χ1v) is 12.0. The number of pyridine rings is 1. The topological polar surface area (TPSA) is 97.5 Å². The molecule has 0 fully saturated rings. The van der Waals surface area contributed by atoms with E-state index in [1.54, 1.807) is 36.9 Å². The zero-order valence-corrected chi connectivity index (χ0v) is 20.3. The first-order chi connectivity index (χ1) is 15.9. The van der Waals surface area contributed by atoms with Gasteiger partial charge in [-0.05, 0) is 49.3 Å². The third-order valence-corrected chi connectivity index (χ3v) is 4.05. The lowest BCUT2D eigenvalue weighted by molar-refractivity contribution is -0.383. The number of phenolic OH excluding ortho intramolecular Hbond substituents is 1. The number of rotatable bonds is 7. The average molecular weight is 476 g/mol. The van der Waals surface area contributed by atoms with Crippen LogP contribution in [-0.4, -0.2) is 34.1 Å². The number of ether oxygens (including phenoxy) is 1. The molecule has 0 bridgehead atoms. The summed E-state index contributed by atoms with van der Waals surface area (Å²) >= 11 is 1.75. The van der Waals surface area contributed by atoms with E-state index in [9.17, 15) is 19.6 Å². The lowest BCUT2D eigenvalue weighted by Gasteiger charge is -2.11. The van der Waals surface area contributed by atoms with Crippen molar-refractivity contribution < 1.29 is 19.2 Å². The Labute approximate surface area is 198 Å². The molecule has 1 heterocycles. The van der Waals surface area contributed by atoms with Gasteiger partial charge in [-0.3, -0.25) is 10.1 Å². The Morgan fingerprint density at radius 1 is 1.15 bits per heavy atom. The van der Waals surface area contributed by atoms with Gasteiger partial charge in [0.15, 0.2) is 11.5 Å². The van der Waals surface area contributed by atoms with Crippen molar-refractivity contribution in [3.8, 4) is 22.6 Å². The molecule has 9 heteroatoms. The van der Waals surface area contributed by atoms with Crippen LogP contribution in [0, 0.1) is 15.9 Å². The first-order valence-electron chi connectivity index (χ1n) is 10.4. The van der Waals surface area contributed by atoms with Crippen LogP contribution in [-0.2, 0) is 6.54 Å². The molecule has 178 valence electrons. The number of aromatic nitrogens is 1. The van der Waals surface area contributed by atoms with Gasteiger partial charge in [-0.25, -0.2) is 9.37 Å². The largest absolute Gasteiger partial charge is 0.504 e. The Bertz CT molecular complexity index is 1030. The number of halogens is 1. The fourth-order valence-corrected chi connectivity index (χ4v) is 2.79. The van der Waals surface area contributed by atoms with Crippen LogP contribution in [0.2, 0.25) is 0 Å². The Kier molecular flexibility index (Phi) is 12.3. The van der Waals surface area contributed by atoms with Crippen molar-refractivity contribution in [1.82, 2.24) is 4.98 Å². The molecule has 0 aliphatic carbocycles. The molecule has 0 spiro atoms. The quantitative estimate of drug-likeness (QED) is 0.297. The summed E-state index contributed by atoms with van der Waals surface area (Å²) in [6, 6.07) is 12.1. The van der Waals surface area contributed by atoms with E-state index in [-0.39, 0.29) is 34.9 Å². The SMILES string of the molecule is CC.CCOc1cc(CNc2nccc(-c3ccccc3F)c2[N+](=O)[O-])ccc1O.CSC. The second kappa shape index (κ2) is 14.7. The summed E-state index contributed by atoms with van der Waals surface area (Å²) in [6.45, 7) is 6.39. The third kappa shape index (κ3) is 7.94. The van der Waals surface area contributed by atoms with Crippen molar-refractivity contribution in [3.63, 3.8) is 0 Å². The maximum Gasteiger partial charge on any atom is 0.319 e. The standard InChI is InChI=1S/C20H18FN3O4.C2H6S.C2H6/c1-2-28-18-11-13(7-8-17(18)25)12-23-20-19(24(26)27)15(9-10-22-20)14-5-3-4-6-16(14)21;1-3-2;1-2/h3-11,25H,2,12H2,1H3,(H,22,23);1-2H3;1-2H3. The summed E-state index contributed by atoms with van der Waals surface area (Å²) in [4.78, 5) is 15.1. The van der Waals surface area contributed by atoms with Crippen LogP contribution in [0.5, 0.6) is 11.5 Å². The number of nitrogens with one attached hydrogen (secondary N) is 1. The molecule has 0 unspecified atom stereocenters. The zero-order chi connectivity index (χ0) is 24.8. The number of nitrogens with zero attached hydrogens (tertiary/aromatic N) is 2. The Balaban J connectivity index is 0.00000101. The summed E-state index contributed by atoms with van der Waals surface area (Å²) in [5.74, 6) is -0.194. The number of benzene rings is 2. The summed E-state index contributed by atoms with van der Waals surface area (Å²) in [6.07, 6.45) is 5.47. The lowest BCUT2D eigenvalue weighted by atomic mass is 10.0. The van der Waals surface area contributed by atoms with Crippen LogP contribution >= 0.6 is 11.8 Å². The van der Waals surface area contributed by atoms with E-state index in [1.807, 2.05) is 26.4 Å². The molecule has 2 N–H and O–H groups in total. The number of hydrogen-bond acceptors (Lipinski definition) is 7. The van der Waals surface area contributed by atoms with E-state index in [1.165, 1.54) is 36.5 Å². The van der Waals surface area contributed by atoms with Crippen molar-refractivity contribution in [1.29, 1.82) is 0 Å². The van der Waals surface area contributed by atoms with Gasteiger partial charge in [0.2, 0.25) is 5.82 Å². The second-order valence-corrected chi connectivity index (χ2v) is 7.11. The van der Waals surface area contributed by atoms with Gasteiger partial charge in [-0.1, -0.05) is 38.1 Å². The van der Waals surface area contributed by atoms with Gasteiger partial charge in [-0.2, -0.15) is 11.8 Å². The van der Waals surface area contributed by atoms with Gasteiger partial charge < -0.3 is 15.2 Å². The predicted molar refractivity (Wildman–Crippen MR) is 134 cm³/mol. The molecule has 0 aliphatic rings. The molecule has 7 nitrogen and oxygen atoms in total. The molecule has 0 saturated heterocycles. The molecule has 0 amide bonds. The van der Waals surface area contributed by atoms with E-state index in [2.05, 4.69) is 10.3 Å². The van der Waals surface area contributed by atoms with Crippen molar-refractivity contribution in [2.45, 2.75) is 27.3 Å². The average Bonchev–Trinajstić information content (AvgIpc) is 2.81. The number of aromatic hydroxyl groups is 1. The summed E-state index contributed by atoms with van der Waals surface area (Å²) < 4.78 is 19.5. The Morgan fingerprint density at radius 3 is 2.42 bits per heavy atom. The minimum Gasteiger partial charge on any atom is -0.504 e. The summed E-state index contributed by atoms with van der Waals surface area (Å²) in [7, 11) is 0. The molecule has 33 heavy (non-hydrogen) atoms. The van der Waals surface area contributed by atoms with Gasteiger partial charge in [0.25, 0.3) is 0 Å². The second-order valence-electron chi connectivity index (χ2n) is 6.29. The minimum atomic E-state index is -0.584. The highest BCUT2D eigenvalue weighted by Gasteiger charge is 2.23. The highest BCUT2D eigenvalue weighted by Crippen LogP contribution is 2.36. The molecule has 3 aromatic rings. The number of hydrogen-bond donors (Lipinski definition) is 2. The number of anilines is 1. The van der Waals surface area contributed by atoms with Gasteiger partial charge in [0.05, 0.1) is 17.1 Å². The van der Waals surface area contributed by atoms with E-state index in [0.29, 0.717) is 12.4 Å². The van der Waals surface area contributed by atoms with E-state index >= 15 is 0 Å². The number of nitro groups is 1. The minimum absolute atomic E-state index is 0.0104. The molecule has 3 rings (SSSR count). The molecule has 0 radical (unpaired) electrons. The lowest BCUT2D eigenvalue weighted by Crippen LogP contribution is -2.06. The van der Waals surface area contributed by atoms with Crippen LogP contribution in [0.3, 0.4) is 0 Å². The molecule has 0 saturated carbocycles. The fraction of sp³-hybridized carbons (Fsp3) is 0.292. The molecular formula is C24H30FN3O4S. The van der Waals surface area contributed by atoms with Crippen molar-refractivity contribution in [3.05, 3.63) is 76.2 Å². The summed E-state index contributed by atoms with van der Waals surface area (Å²) in [5, 5.41) is 24.4. The monoisotopic (exact) mass is 475 g/mol. The predicted octanol–water partition coefficient (Wildman–Crippen LogP) is 6.52. The van der Waals surface area contributed by atoms with Gasteiger partial charge >= 0.3 is 5.69 Å². The molecule has 0 aliphatic heterocycles. The summed E-state index contributed by atoms with van der Waals surface area (Å²) in [5.41, 5.74) is 0.689. The van der Waals surface area contributed by atoms with Crippen molar-refractivity contribution >= 4 is 23.3 Å². The highest BCUT2D eigenvalue weighted by molar-refractivity contribution is 7.97. The number of phenols is 1.